The molecule has 0 unspecified atom stereocenters. The first kappa shape index (κ1) is 22.1. The number of hydrogen-bond acceptors (Lipinski definition) is 5. The van der Waals surface area contributed by atoms with E-state index in [0.29, 0.717) is 31.4 Å². The van der Waals surface area contributed by atoms with E-state index >= 15 is 0 Å². The van der Waals surface area contributed by atoms with Crippen LogP contribution < -0.4 is 15.6 Å². The third-order valence-electron chi connectivity index (χ3n) is 5.25. The second-order valence-electron chi connectivity index (χ2n) is 8.07. The molecule has 3 heterocycles. The molecule has 0 aliphatic carbocycles. The topological polar surface area (TPSA) is 77.6 Å². The molecule has 0 atom stereocenters. The Labute approximate surface area is 190 Å². The normalized spacial score (nSPS) is 11.5. The average Bonchev–Trinajstić information content (AvgIpc) is 3.33. The lowest BCUT2D eigenvalue weighted by molar-refractivity contribution is -0.121. The van der Waals surface area contributed by atoms with Gasteiger partial charge in [-0.15, -0.1) is 11.3 Å². The summed E-state index contributed by atoms with van der Waals surface area (Å²) in [4.78, 5) is 26.3. The highest BCUT2D eigenvalue weighted by atomic mass is 32.1. The number of nitrogens with zero attached hydrogens (tertiary/aromatic N) is 3. The van der Waals surface area contributed by atoms with Gasteiger partial charge in [-0.1, -0.05) is 19.1 Å². The molecule has 1 aromatic carbocycles. The van der Waals surface area contributed by atoms with Crippen molar-refractivity contribution in [2.75, 3.05) is 0 Å². The molecular formula is C24H28N4O3S. The molecule has 8 heteroatoms. The van der Waals surface area contributed by atoms with Gasteiger partial charge in [0.25, 0.3) is 5.56 Å². The Balaban J connectivity index is 1.30. The van der Waals surface area contributed by atoms with Crippen LogP contribution in [0.25, 0.3) is 15.7 Å². The highest BCUT2D eigenvalue weighted by molar-refractivity contribution is 7.19. The van der Waals surface area contributed by atoms with E-state index in [4.69, 9.17) is 4.74 Å². The minimum atomic E-state index is -0.127. The first-order valence-electron chi connectivity index (χ1n) is 11.0. The monoisotopic (exact) mass is 452 g/mol. The number of aryl methyl sites for hydroxylation is 2. The fourth-order valence-electron chi connectivity index (χ4n) is 3.62. The van der Waals surface area contributed by atoms with E-state index in [9.17, 15) is 9.59 Å². The molecule has 0 saturated carbocycles. The Kier molecular flexibility index (Phi) is 6.60. The molecule has 7 nitrogen and oxygen atoms in total. The molecule has 0 radical (unpaired) electrons. The third kappa shape index (κ3) is 4.85. The van der Waals surface area contributed by atoms with Crippen LogP contribution in [0.4, 0.5) is 0 Å². The van der Waals surface area contributed by atoms with Crippen LogP contribution in [0, 0.1) is 0 Å². The summed E-state index contributed by atoms with van der Waals surface area (Å²) in [5.41, 5.74) is 2.54. The van der Waals surface area contributed by atoms with Gasteiger partial charge in [-0.2, -0.15) is 5.10 Å². The number of thiophene rings is 1. The van der Waals surface area contributed by atoms with Gasteiger partial charge in [0, 0.05) is 24.4 Å². The van der Waals surface area contributed by atoms with Crippen LogP contribution in [0.2, 0.25) is 0 Å². The lowest BCUT2D eigenvalue weighted by Crippen LogP contribution is -2.26. The van der Waals surface area contributed by atoms with E-state index in [1.807, 2.05) is 48.6 Å². The second kappa shape index (κ2) is 9.56. The zero-order chi connectivity index (χ0) is 22.7. The molecule has 0 bridgehead atoms. The first-order valence-corrected chi connectivity index (χ1v) is 11.8. The Morgan fingerprint density at radius 3 is 2.69 bits per heavy atom. The minimum absolute atomic E-state index is 0.0445. The number of fused-ring (bicyclic) bond motifs is 3. The van der Waals surface area contributed by atoms with Crippen LogP contribution in [0.5, 0.6) is 5.75 Å². The van der Waals surface area contributed by atoms with Gasteiger partial charge in [-0.25, -0.2) is 4.68 Å². The van der Waals surface area contributed by atoms with Crippen molar-refractivity contribution in [3.63, 3.8) is 0 Å². The molecular weight excluding hydrogens is 424 g/mol. The molecule has 0 saturated heterocycles. The average molecular weight is 453 g/mol. The Morgan fingerprint density at radius 2 is 1.97 bits per heavy atom. The number of amides is 1. The molecule has 0 fully saturated rings. The fourth-order valence-corrected chi connectivity index (χ4v) is 4.65. The zero-order valence-electron chi connectivity index (χ0n) is 18.6. The summed E-state index contributed by atoms with van der Waals surface area (Å²) < 4.78 is 10.0. The van der Waals surface area contributed by atoms with Crippen LogP contribution in [0.3, 0.4) is 0 Å². The van der Waals surface area contributed by atoms with Gasteiger partial charge in [-0.3, -0.25) is 14.0 Å². The van der Waals surface area contributed by atoms with Crippen LogP contribution in [-0.2, 0) is 24.3 Å². The Morgan fingerprint density at radius 1 is 1.19 bits per heavy atom. The third-order valence-corrected chi connectivity index (χ3v) is 6.46. The van der Waals surface area contributed by atoms with Crippen molar-refractivity contribution >= 4 is 33.0 Å². The SMILES string of the molecule is CCc1cc2c(cc3c(=O)n(CCCC(=O)NCc4ccc(OC(C)C)cc4)ncn32)s1. The molecule has 3 aromatic heterocycles. The molecule has 0 aliphatic rings. The fraction of sp³-hybridized carbons (Fsp3) is 0.375. The summed E-state index contributed by atoms with van der Waals surface area (Å²) in [7, 11) is 0. The Hall–Kier alpha value is -3.13. The summed E-state index contributed by atoms with van der Waals surface area (Å²) in [6.45, 7) is 6.96. The van der Waals surface area contributed by atoms with E-state index in [1.165, 1.54) is 9.56 Å². The van der Waals surface area contributed by atoms with Gasteiger partial charge < -0.3 is 10.1 Å². The number of carbonyl (C=O) groups excluding carboxylic acids is 1. The maximum Gasteiger partial charge on any atom is 0.291 e. The van der Waals surface area contributed by atoms with Crippen LogP contribution in [-0.4, -0.2) is 26.2 Å². The summed E-state index contributed by atoms with van der Waals surface area (Å²) in [6, 6.07) is 11.8. The summed E-state index contributed by atoms with van der Waals surface area (Å²) in [6.07, 6.45) is 3.69. The molecule has 0 spiro atoms. The molecule has 1 amide bonds. The van der Waals surface area contributed by atoms with E-state index in [0.717, 1.165) is 28.0 Å². The van der Waals surface area contributed by atoms with E-state index in [2.05, 4.69) is 23.4 Å². The van der Waals surface area contributed by atoms with Gasteiger partial charge in [0.05, 0.1) is 16.3 Å². The quantitative estimate of drug-likeness (QED) is 0.414. The standard InChI is InChI=1S/C24H28N4O3S/c1-4-19-12-20-22(32-19)13-21-24(30)28(26-15-27(20)21)11-5-6-23(29)25-14-17-7-9-18(10-8-17)31-16(2)3/h7-10,12-13,15-16H,4-6,11,14H2,1-3H3,(H,25,29). The van der Waals surface area contributed by atoms with Crippen LogP contribution in [0.1, 0.15) is 44.1 Å². The zero-order valence-corrected chi connectivity index (χ0v) is 19.4. The van der Waals surface area contributed by atoms with E-state index in [1.54, 1.807) is 17.7 Å². The van der Waals surface area contributed by atoms with E-state index in [-0.39, 0.29) is 17.6 Å². The van der Waals surface area contributed by atoms with Gasteiger partial charge in [0.15, 0.2) is 0 Å². The molecule has 168 valence electrons. The second-order valence-corrected chi connectivity index (χ2v) is 9.23. The van der Waals surface area contributed by atoms with Crippen LogP contribution in [0.15, 0.2) is 47.5 Å². The molecule has 4 aromatic rings. The molecule has 32 heavy (non-hydrogen) atoms. The van der Waals surface area contributed by atoms with Crippen molar-refractivity contribution in [2.45, 2.75) is 59.2 Å². The number of rotatable bonds is 9. The number of nitrogens with one attached hydrogen (secondary N) is 1. The smallest absolute Gasteiger partial charge is 0.291 e. The lowest BCUT2D eigenvalue weighted by atomic mass is 10.2. The lowest BCUT2D eigenvalue weighted by Gasteiger charge is -2.10. The van der Waals surface area contributed by atoms with Crippen molar-refractivity contribution in [3.05, 3.63) is 63.5 Å². The van der Waals surface area contributed by atoms with Gasteiger partial charge >= 0.3 is 0 Å². The predicted molar refractivity (Wildman–Crippen MR) is 127 cm³/mol. The number of hydrogen-bond donors (Lipinski definition) is 1. The molecule has 0 aliphatic heterocycles. The summed E-state index contributed by atoms with van der Waals surface area (Å²) in [5.74, 6) is 0.774. The maximum atomic E-state index is 12.8. The van der Waals surface area contributed by atoms with Crippen molar-refractivity contribution < 1.29 is 9.53 Å². The maximum absolute atomic E-state index is 12.8. The molecule has 4 rings (SSSR count). The number of aromatic nitrogens is 3. The minimum Gasteiger partial charge on any atom is -0.491 e. The number of ether oxygens (including phenoxy) is 1. The van der Waals surface area contributed by atoms with E-state index < -0.39 is 0 Å². The van der Waals surface area contributed by atoms with Crippen molar-refractivity contribution in [3.8, 4) is 5.75 Å². The van der Waals surface area contributed by atoms with Gasteiger partial charge in [0.1, 0.15) is 17.6 Å². The highest BCUT2D eigenvalue weighted by Crippen LogP contribution is 2.28. The number of carbonyl (C=O) groups is 1. The van der Waals surface area contributed by atoms with Crippen molar-refractivity contribution in [1.29, 1.82) is 0 Å². The largest absolute Gasteiger partial charge is 0.491 e. The number of benzene rings is 1. The van der Waals surface area contributed by atoms with Gasteiger partial charge in [0.2, 0.25) is 5.91 Å². The molecule has 1 N–H and O–H groups in total. The summed E-state index contributed by atoms with van der Waals surface area (Å²) in [5, 5.41) is 7.24. The van der Waals surface area contributed by atoms with Crippen LogP contribution >= 0.6 is 11.3 Å². The predicted octanol–water partition coefficient (Wildman–Crippen LogP) is 4.16. The van der Waals surface area contributed by atoms with Gasteiger partial charge in [-0.05, 0) is 56.5 Å². The van der Waals surface area contributed by atoms with Crippen molar-refractivity contribution in [2.24, 2.45) is 0 Å². The first-order chi connectivity index (χ1) is 15.4. The Bertz CT molecular complexity index is 1280. The summed E-state index contributed by atoms with van der Waals surface area (Å²) >= 11 is 1.71. The van der Waals surface area contributed by atoms with Crippen molar-refractivity contribution in [1.82, 2.24) is 19.5 Å². The highest BCUT2D eigenvalue weighted by Gasteiger charge is 2.12.